The minimum Gasteiger partial charge on any atom is -0.270 e. The van der Waals surface area contributed by atoms with Crippen molar-refractivity contribution in [3.8, 4) is 12.3 Å². The Hall–Kier alpha value is -0.530. The summed E-state index contributed by atoms with van der Waals surface area (Å²) in [5.41, 5.74) is 0. The Morgan fingerprint density at radius 1 is 1.64 bits per heavy atom. The third-order valence-corrected chi connectivity index (χ3v) is 1.60. The standard InChI is InChI=1S/C7H12O3S/c1-4-5-7(2)6-10-11(3,8)9/h1,7H,5-6H2,2-3H3. The van der Waals surface area contributed by atoms with Gasteiger partial charge in [0.15, 0.2) is 0 Å². The summed E-state index contributed by atoms with van der Waals surface area (Å²) in [6.45, 7) is 2.01. The summed E-state index contributed by atoms with van der Waals surface area (Å²) in [7, 11) is -3.31. The van der Waals surface area contributed by atoms with Crippen molar-refractivity contribution in [3.63, 3.8) is 0 Å². The highest BCUT2D eigenvalue weighted by Gasteiger charge is 2.05. The van der Waals surface area contributed by atoms with Crippen LogP contribution in [0.1, 0.15) is 13.3 Å². The molecule has 0 aromatic heterocycles. The molecular weight excluding hydrogens is 164 g/mol. The molecule has 0 fully saturated rings. The predicted octanol–water partition coefficient (Wildman–Crippen LogP) is 0.622. The summed E-state index contributed by atoms with van der Waals surface area (Å²) < 4.78 is 25.5. The molecule has 0 aliphatic carbocycles. The highest BCUT2D eigenvalue weighted by Crippen LogP contribution is 2.02. The molecule has 0 aromatic rings. The normalized spacial score (nSPS) is 13.9. The van der Waals surface area contributed by atoms with E-state index in [-0.39, 0.29) is 12.5 Å². The van der Waals surface area contributed by atoms with Gasteiger partial charge >= 0.3 is 0 Å². The Morgan fingerprint density at radius 3 is 2.55 bits per heavy atom. The van der Waals surface area contributed by atoms with E-state index < -0.39 is 10.1 Å². The van der Waals surface area contributed by atoms with Crippen molar-refractivity contribution >= 4 is 10.1 Å². The van der Waals surface area contributed by atoms with Gasteiger partial charge in [0.2, 0.25) is 0 Å². The zero-order valence-corrected chi connectivity index (χ0v) is 7.52. The van der Waals surface area contributed by atoms with Crippen LogP contribution in [0.3, 0.4) is 0 Å². The third-order valence-electron chi connectivity index (χ3n) is 1.03. The van der Waals surface area contributed by atoms with Gasteiger partial charge in [-0.25, -0.2) is 0 Å². The summed E-state index contributed by atoms with van der Waals surface area (Å²) in [6.07, 6.45) is 6.57. The lowest BCUT2D eigenvalue weighted by Gasteiger charge is -2.05. The van der Waals surface area contributed by atoms with Gasteiger partial charge in [-0.1, -0.05) is 6.92 Å². The molecular formula is C7H12O3S. The van der Waals surface area contributed by atoms with Gasteiger partial charge in [-0.3, -0.25) is 4.18 Å². The summed E-state index contributed by atoms with van der Waals surface area (Å²) in [5.74, 6) is 2.52. The van der Waals surface area contributed by atoms with E-state index in [1.165, 1.54) is 0 Å². The van der Waals surface area contributed by atoms with Crippen LogP contribution in [0.15, 0.2) is 0 Å². The maximum atomic E-state index is 10.5. The van der Waals surface area contributed by atoms with Crippen molar-refractivity contribution < 1.29 is 12.6 Å². The molecule has 3 nitrogen and oxygen atoms in total. The van der Waals surface area contributed by atoms with E-state index in [4.69, 9.17) is 6.42 Å². The zero-order valence-electron chi connectivity index (χ0n) is 6.70. The quantitative estimate of drug-likeness (QED) is 0.466. The number of hydrogen-bond donors (Lipinski definition) is 0. The van der Waals surface area contributed by atoms with Crippen molar-refractivity contribution in [3.05, 3.63) is 0 Å². The van der Waals surface area contributed by atoms with Crippen molar-refractivity contribution in [2.45, 2.75) is 13.3 Å². The van der Waals surface area contributed by atoms with Crippen molar-refractivity contribution in [1.29, 1.82) is 0 Å². The first-order chi connectivity index (χ1) is 4.95. The molecule has 0 spiro atoms. The maximum absolute atomic E-state index is 10.5. The molecule has 1 unspecified atom stereocenters. The first-order valence-corrected chi connectivity index (χ1v) is 5.05. The fourth-order valence-electron chi connectivity index (χ4n) is 0.500. The van der Waals surface area contributed by atoms with Crippen molar-refractivity contribution in [2.75, 3.05) is 12.9 Å². The predicted molar refractivity (Wildman–Crippen MR) is 43.4 cm³/mol. The second kappa shape index (κ2) is 4.37. The molecule has 0 amide bonds. The molecule has 11 heavy (non-hydrogen) atoms. The van der Waals surface area contributed by atoms with Crippen LogP contribution in [-0.2, 0) is 14.3 Å². The Balaban J connectivity index is 3.65. The van der Waals surface area contributed by atoms with Crippen LogP contribution >= 0.6 is 0 Å². The molecule has 1 atom stereocenters. The molecule has 0 rings (SSSR count). The minimum absolute atomic E-state index is 0.0923. The minimum atomic E-state index is -3.31. The van der Waals surface area contributed by atoms with Crippen LogP contribution in [0, 0.1) is 18.3 Å². The molecule has 0 N–H and O–H groups in total. The van der Waals surface area contributed by atoms with E-state index in [1.54, 1.807) is 0 Å². The van der Waals surface area contributed by atoms with Gasteiger partial charge in [0.05, 0.1) is 12.9 Å². The first kappa shape index (κ1) is 10.5. The van der Waals surface area contributed by atoms with Crippen LogP contribution in [0.25, 0.3) is 0 Å². The smallest absolute Gasteiger partial charge is 0.264 e. The molecule has 64 valence electrons. The van der Waals surface area contributed by atoms with Crippen LogP contribution in [0.4, 0.5) is 0 Å². The number of terminal acetylenes is 1. The molecule has 0 aliphatic heterocycles. The Labute approximate surface area is 67.9 Å². The second-order valence-electron chi connectivity index (χ2n) is 2.50. The van der Waals surface area contributed by atoms with E-state index in [0.717, 1.165) is 6.26 Å². The monoisotopic (exact) mass is 176 g/mol. The Bertz CT molecular complexity index is 235. The van der Waals surface area contributed by atoms with Gasteiger partial charge in [-0.2, -0.15) is 8.42 Å². The average Bonchev–Trinajstić information content (AvgIpc) is 1.83. The molecule has 0 saturated heterocycles. The van der Waals surface area contributed by atoms with E-state index in [0.29, 0.717) is 6.42 Å². The second-order valence-corrected chi connectivity index (χ2v) is 4.15. The van der Waals surface area contributed by atoms with Crippen LogP contribution < -0.4 is 0 Å². The largest absolute Gasteiger partial charge is 0.270 e. The van der Waals surface area contributed by atoms with Crippen molar-refractivity contribution in [2.24, 2.45) is 5.92 Å². The highest BCUT2D eigenvalue weighted by molar-refractivity contribution is 7.85. The maximum Gasteiger partial charge on any atom is 0.264 e. The lowest BCUT2D eigenvalue weighted by molar-refractivity contribution is 0.270. The van der Waals surface area contributed by atoms with E-state index in [1.807, 2.05) is 6.92 Å². The van der Waals surface area contributed by atoms with Crippen molar-refractivity contribution in [1.82, 2.24) is 0 Å². The molecule has 4 heteroatoms. The molecule has 0 bridgehead atoms. The topological polar surface area (TPSA) is 43.4 Å². The Kier molecular flexibility index (Phi) is 4.16. The number of rotatable bonds is 4. The van der Waals surface area contributed by atoms with Crippen LogP contribution in [0.2, 0.25) is 0 Å². The zero-order chi connectivity index (χ0) is 8.91. The average molecular weight is 176 g/mol. The lowest BCUT2D eigenvalue weighted by Crippen LogP contribution is -2.10. The van der Waals surface area contributed by atoms with Gasteiger partial charge in [-0.15, -0.1) is 12.3 Å². The van der Waals surface area contributed by atoms with Gasteiger partial charge in [-0.05, 0) is 5.92 Å². The Morgan fingerprint density at radius 2 is 2.18 bits per heavy atom. The fourth-order valence-corrected chi connectivity index (χ4v) is 0.979. The van der Waals surface area contributed by atoms with Crippen LogP contribution in [0.5, 0.6) is 0 Å². The molecule has 0 saturated carbocycles. The molecule has 0 heterocycles. The van der Waals surface area contributed by atoms with Gasteiger partial charge in [0.1, 0.15) is 0 Å². The fraction of sp³-hybridized carbons (Fsp3) is 0.714. The molecule has 0 aromatic carbocycles. The summed E-state index contributed by atoms with van der Waals surface area (Å²) in [4.78, 5) is 0. The van der Waals surface area contributed by atoms with Gasteiger partial charge in [0, 0.05) is 6.42 Å². The SMILES string of the molecule is C#CCC(C)COS(C)(=O)=O. The summed E-state index contributed by atoms with van der Waals surface area (Å²) in [5, 5.41) is 0. The summed E-state index contributed by atoms with van der Waals surface area (Å²) >= 11 is 0. The number of hydrogen-bond acceptors (Lipinski definition) is 3. The van der Waals surface area contributed by atoms with E-state index >= 15 is 0 Å². The molecule has 0 aliphatic rings. The first-order valence-electron chi connectivity index (χ1n) is 3.23. The van der Waals surface area contributed by atoms with Gasteiger partial charge in [0.25, 0.3) is 10.1 Å². The molecule has 0 radical (unpaired) electrons. The highest BCUT2D eigenvalue weighted by atomic mass is 32.2. The van der Waals surface area contributed by atoms with Gasteiger partial charge < -0.3 is 0 Å². The van der Waals surface area contributed by atoms with E-state index in [2.05, 4.69) is 10.1 Å². The third kappa shape index (κ3) is 7.37. The lowest BCUT2D eigenvalue weighted by atomic mass is 10.1. The summed E-state index contributed by atoms with van der Waals surface area (Å²) in [6, 6.07) is 0. The van der Waals surface area contributed by atoms with Crippen LogP contribution in [-0.4, -0.2) is 21.3 Å². The van der Waals surface area contributed by atoms with E-state index in [9.17, 15) is 8.42 Å².